The van der Waals surface area contributed by atoms with Crippen molar-refractivity contribution in [2.45, 2.75) is 31.4 Å². The van der Waals surface area contributed by atoms with E-state index in [1.54, 1.807) is 7.11 Å². The molecule has 2 aliphatic rings. The third-order valence-electron chi connectivity index (χ3n) is 3.54. The molecule has 0 unspecified atom stereocenters. The molecule has 17 heavy (non-hydrogen) atoms. The van der Waals surface area contributed by atoms with Gasteiger partial charge in [-0.3, -0.25) is 0 Å². The van der Waals surface area contributed by atoms with Gasteiger partial charge >= 0.3 is 0 Å². The summed E-state index contributed by atoms with van der Waals surface area (Å²) < 4.78 is 10.6. The largest absolute Gasteiger partial charge is 0.380 e. The Morgan fingerprint density at radius 3 is 2.94 bits per heavy atom. The van der Waals surface area contributed by atoms with Crippen molar-refractivity contribution in [3.05, 3.63) is 5.89 Å². The summed E-state index contributed by atoms with van der Waals surface area (Å²) in [5, 5.41) is 7.39. The molecule has 0 amide bonds. The third kappa shape index (κ3) is 2.14. The van der Waals surface area contributed by atoms with E-state index < -0.39 is 0 Å². The van der Waals surface area contributed by atoms with E-state index in [1.807, 2.05) is 0 Å². The first-order valence-corrected chi connectivity index (χ1v) is 6.21. The number of hydrogen-bond donors (Lipinski definition) is 1. The summed E-state index contributed by atoms with van der Waals surface area (Å²) in [4.78, 5) is 6.65. The molecule has 0 spiro atoms. The van der Waals surface area contributed by atoms with Gasteiger partial charge in [0.2, 0.25) is 5.89 Å². The average Bonchev–Trinajstić information content (AvgIpc) is 3.09. The average molecular weight is 238 g/mol. The Hall–Kier alpha value is -1.14. The van der Waals surface area contributed by atoms with Gasteiger partial charge in [0.05, 0.1) is 12.1 Å². The molecule has 0 aromatic carbocycles. The van der Waals surface area contributed by atoms with E-state index in [0.29, 0.717) is 5.89 Å². The number of nitrogens with zero attached hydrogens (tertiary/aromatic N) is 3. The lowest BCUT2D eigenvalue weighted by molar-refractivity contribution is 0.116. The van der Waals surface area contributed by atoms with E-state index in [2.05, 4.69) is 20.4 Å². The van der Waals surface area contributed by atoms with Crippen molar-refractivity contribution in [3.8, 4) is 0 Å². The van der Waals surface area contributed by atoms with Gasteiger partial charge in [-0.15, -0.1) is 0 Å². The summed E-state index contributed by atoms with van der Waals surface area (Å²) in [7, 11) is 1.73. The molecule has 94 valence electrons. The minimum Gasteiger partial charge on any atom is -0.380 e. The highest BCUT2D eigenvalue weighted by atomic mass is 16.5. The molecule has 2 aliphatic heterocycles. The molecule has 1 N–H and O–H groups in total. The second-order valence-corrected chi connectivity index (χ2v) is 4.68. The number of nitrogens with one attached hydrogen (secondary N) is 1. The first-order valence-electron chi connectivity index (χ1n) is 6.21. The van der Waals surface area contributed by atoms with Gasteiger partial charge in [0, 0.05) is 26.7 Å². The van der Waals surface area contributed by atoms with E-state index >= 15 is 0 Å². The maximum absolute atomic E-state index is 5.33. The zero-order valence-electron chi connectivity index (χ0n) is 10.1. The molecule has 6 heteroatoms. The standard InChI is InChI=1S/C11H18N4O2/c1-16-8-6-9(12-7-8)10-13-11(14-17-10)15-4-2-3-5-15/h8-9,12H,2-7H2,1H3/t8-,9+/m0/s1. The fraction of sp³-hybridized carbons (Fsp3) is 0.818. The fourth-order valence-electron chi connectivity index (χ4n) is 2.49. The summed E-state index contributed by atoms with van der Waals surface area (Å²) >= 11 is 0. The van der Waals surface area contributed by atoms with E-state index in [1.165, 1.54) is 12.8 Å². The molecule has 2 fully saturated rings. The van der Waals surface area contributed by atoms with Gasteiger partial charge in [0.25, 0.3) is 5.95 Å². The highest BCUT2D eigenvalue weighted by Gasteiger charge is 2.30. The lowest BCUT2D eigenvalue weighted by Gasteiger charge is -2.10. The molecule has 0 saturated carbocycles. The van der Waals surface area contributed by atoms with Crippen molar-refractivity contribution in [1.29, 1.82) is 0 Å². The van der Waals surface area contributed by atoms with Gasteiger partial charge in [-0.25, -0.2) is 0 Å². The molecule has 1 aromatic rings. The normalized spacial score (nSPS) is 29.1. The maximum atomic E-state index is 5.33. The predicted molar refractivity (Wildman–Crippen MR) is 61.9 cm³/mol. The summed E-state index contributed by atoms with van der Waals surface area (Å²) in [5.41, 5.74) is 0. The van der Waals surface area contributed by atoms with Crippen molar-refractivity contribution in [2.24, 2.45) is 0 Å². The number of aromatic nitrogens is 2. The smallest absolute Gasteiger partial charge is 0.266 e. The van der Waals surface area contributed by atoms with Crippen molar-refractivity contribution in [1.82, 2.24) is 15.5 Å². The van der Waals surface area contributed by atoms with Crippen LogP contribution in [0.2, 0.25) is 0 Å². The van der Waals surface area contributed by atoms with Crippen LogP contribution >= 0.6 is 0 Å². The molecule has 3 heterocycles. The lowest BCUT2D eigenvalue weighted by atomic mass is 10.2. The van der Waals surface area contributed by atoms with E-state index in [-0.39, 0.29) is 12.1 Å². The molecule has 2 saturated heterocycles. The molecule has 2 atom stereocenters. The Kier molecular flexibility index (Phi) is 2.98. The quantitative estimate of drug-likeness (QED) is 0.837. The zero-order chi connectivity index (χ0) is 11.7. The predicted octanol–water partition coefficient (Wildman–Crippen LogP) is 0.719. The molecule has 0 aliphatic carbocycles. The van der Waals surface area contributed by atoms with Gasteiger partial charge in [-0.1, -0.05) is 0 Å². The molecule has 1 aromatic heterocycles. The van der Waals surface area contributed by atoms with Gasteiger partial charge in [0.1, 0.15) is 0 Å². The second kappa shape index (κ2) is 4.62. The van der Waals surface area contributed by atoms with Crippen LogP contribution in [-0.2, 0) is 4.74 Å². The number of rotatable bonds is 3. The van der Waals surface area contributed by atoms with E-state index in [4.69, 9.17) is 9.26 Å². The topological polar surface area (TPSA) is 63.4 Å². The second-order valence-electron chi connectivity index (χ2n) is 4.68. The number of ether oxygens (including phenoxy) is 1. The van der Waals surface area contributed by atoms with Crippen LogP contribution in [0.15, 0.2) is 4.52 Å². The van der Waals surface area contributed by atoms with Gasteiger partial charge in [-0.2, -0.15) is 4.98 Å². The number of methoxy groups -OCH3 is 1. The monoisotopic (exact) mass is 238 g/mol. The Morgan fingerprint density at radius 1 is 1.41 bits per heavy atom. The van der Waals surface area contributed by atoms with Crippen LogP contribution in [0.3, 0.4) is 0 Å². The SMILES string of the molecule is CO[C@@H]1CN[C@@H](c2nc(N3CCCC3)no2)C1. The van der Waals surface area contributed by atoms with Crippen LogP contribution in [0, 0.1) is 0 Å². The van der Waals surface area contributed by atoms with Crippen LogP contribution < -0.4 is 10.2 Å². The van der Waals surface area contributed by atoms with Crippen LogP contribution in [0.4, 0.5) is 5.95 Å². The Balaban J connectivity index is 1.68. The van der Waals surface area contributed by atoms with Gasteiger partial charge < -0.3 is 19.5 Å². The van der Waals surface area contributed by atoms with Crippen LogP contribution in [0.1, 0.15) is 31.2 Å². The Labute approximate surface area is 100 Å². The minimum atomic E-state index is 0.142. The van der Waals surface area contributed by atoms with Crippen molar-refractivity contribution in [2.75, 3.05) is 31.6 Å². The summed E-state index contributed by atoms with van der Waals surface area (Å²) in [6.07, 6.45) is 3.59. The van der Waals surface area contributed by atoms with Crippen molar-refractivity contribution < 1.29 is 9.26 Å². The van der Waals surface area contributed by atoms with Crippen LogP contribution in [-0.4, -0.2) is 43.0 Å². The van der Waals surface area contributed by atoms with E-state index in [0.717, 1.165) is 32.0 Å². The van der Waals surface area contributed by atoms with Crippen molar-refractivity contribution >= 4 is 5.95 Å². The number of anilines is 1. The number of hydrogen-bond acceptors (Lipinski definition) is 6. The Morgan fingerprint density at radius 2 is 2.24 bits per heavy atom. The van der Waals surface area contributed by atoms with Gasteiger partial charge in [-0.05, 0) is 24.4 Å². The van der Waals surface area contributed by atoms with Gasteiger partial charge in [0.15, 0.2) is 0 Å². The first kappa shape index (κ1) is 11.0. The molecular weight excluding hydrogens is 220 g/mol. The third-order valence-corrected chi connectivity index (χ3v) is 3.54. The fourth-order valence-corrected chi connectivity index (χ4v) is 2.49. The first-order chi connectivity index (χ1) is 8.36. The molecule has 6 nitrogen and oxygen atoms in total. The molecule has 3 rings (SSSR count). The molecular formula is C11H18N4O2. The minimum absolute atomic E-state index is 0.142. The summed E-state index contributed by atoms with van der Waals surface area (Å²) in [5.74, 6) is 1.42. The Bertz CT molecular complexity index is 375. The highest BCUT2D eigenvalue weighted by Crippen LogP contribution is 2.25. The maximum Gasteiger partial charge on any atom is 0.266 e. The van der Waals surface area contributed by atoms with Crippen LogP contribution in [0.5, 0.6) is 0 Å². The lowest BCUT2D eigenvalue weighted by Crippen LogP contribution is -2.19. The molecule has 0 radical (unpaired) electrons. The van der Waals surface area contributed by atoms with Crippen LogP contribution in [0.25, 0.3) is 0 Å². The molecule has 0 bridgehead atoms. The van der Waals surface area contributed by atoms with Crippen molar-refractivity contribution in [3.63, 3.8) is 0 Å². The summed E-state index contributed by atoms with van der Waals surface area (Å²) in [6, 6.07) is 0.142. The summed E-state index contributed by atoms with van der Waals surface area (Å²) in [6.45, 7) is 2.93. The zero-order valence-corrected chi connectivity index (χ0v) is 10.1. The van der Waals surface area contributed by atoms with E-state index in [9.17, 15) is 0 Å². The highest BCUT2D eigenvalue weighted by molar-refractivity contribution is 5.29.